The standard InChI is InChI=1S/C31H29F2N5O2/c1-4-28(22-16-23(32)18-24(33)17-22)38-29(27-12-14-37(5-2)36-27)35-30(39)26(31(38)40)15-20-8-10-21(11-9-20)25-7-6-13-34-19(25)3/h6-14,16-18,28,40H,4-5,15H2,1-3H3. The Hall–Kier alpha value is -4.66. The highest BCUT2D eigenvalue weighted by molar-refractivity contribution is 5.65. The third kappa shape index (κ3) is 5.27. The quantitative estimate of drug-likeness (QED) is 0.258. The average Bonchev–Trinajstić information content (AvgIpc) is 3.42. The summed E-state index contributed by atoms with van der Waals surface area (Å²) in [6.45, 7) is 6.28. The lowest BCUT2D eigenvalue weighted by molar-refractivity contribution is 0.381. The highest BCUT2D eigenvalue weighted by Gasteiger charge is 2.26. The van der Waals surface area contributed by atoms with Gasteiger partial charge in [-0.2, -0.15) is 10.1 Å². The molecule has 0 fully saturated rings. The number of nitrogens with zero attached hydrogens (tertiary/aromatic N) is 5. The van der Waals surface area contributed by atoms with Crippen molar-refractivity contribution in [3.63, 3.8) is 0 Å². The summed E-state index contributed by atoms with van der Waals surface area (Å²) in [5, 5.41) is 16.1. The van der Waals surface area contributed by atoms with Crippen molar-refractivity contribution in [3.05, 3.63) is 117 Å². The predicted molar refractivity (Wildman–Crippen MR) is 149 cm³/mol. The molecule has 40 heavy (non-hydrogen) atoms. The maximum absolute atomic E-state index is 14.2. The topological polar surface area (TPSA) is 85.8 Å². The molecule has 0 aliphatic rings. The zero-order valence-electron chi connectivity index (χ0n) is 22.5. The van der Waals surface area contributed by atoms with Gasteiger partial charge in [-0.15, -0.1) is 0 Å². The third-order valence-corrected chi connectivity index (χ3v) is 7.01. The Kier molecular flexibility index (Phi) is 7.55. The van der Waals surface area contributed by atoms with Crippen LogP contribution in [-0.4, -0.2) is 29.4 Å². The van der Waals surface area contributed by atoms with Crippen LogP contribution in [0.4, 0.5) is 8.78 Å². The number of halogens is 2. The first-order chi connectivity index (χ1) is 19.3. The molecule has 1 atom stereocenters. The Balaban J connectivity index is 1.62. The maximum atomic E-state index is 14.2. The van der Waals surface area contributed by atoms with Gasteiger partial charge < -0.3 is 5.11 Å². The van der Waals surface area contributed by atoms with Gasteiger partial charge in [-0.25, -0.2) is 8.78 Å². The van der Waals surface area contributed by atoms with Crippen molar-refractivity contribution in [3.8, 4) is 28.5 Å². The van der Waals surface area contributed by atoms with E-state index in [1.807, 2.05) is 57.2 Å². The van der Waals surface area contributed by atoms with Gasteiger partial charge in [0.15, 0.2) is 5.82 Å². The molecule has 0 spiro atoms. The molecule has 0 radical (unpaired) electrons. The zero-order valence-corrected chi connectivity index (χ0v) is 22.5. The minimum atomic E-state index is -0.733. The maximum Gasteiger partial charge on any atom is 0.280 e. The molecule has 2 aromatic carbocycles. The number of pyridine rings is 1. The summed E-state index contributed by atoms with van der Waals surface area (Å²) in [5.74, 6) is -1.66. The van der Waals surface area contributed by atoms with Gasteiger partial charge in [0.25, 0.3) is 5.56 Å². The minimum absolute atomic E-state index is 0.0827. The molecule has 5 rings (SSSR count). The van der Waals surface area contributed by atoms with Crippen molar-refractivity contribution in [2.24, 2.45) is 0 Å². The lowest BCUT2D eigenvalue weighted by Crippen LogP contribution is -2.24. The summed E-state index contributed by atoms with van der Waals surface area (Å²) in [5.41, 5.74) is 3.84. The van der Waals surface area contributed by atoms with E-state index in [4.69, 9.17) is 0 Å². The summed E-state index contributed by atoms with van der Waals surface area (Å²) >= 11 is 0. The minimum Gasteiger partial charge on any atom is -0.494 e. The fourth-order valence-corrected chi connectivity index (χ4v) is 4.98. The van der Waals surface area contributed by atoms with Gasteiger partial charge in [-0.3, -0.25) is 19.0 Å². The van der Waals surface area contributed by atoms with Crippen molar-refractivity contribution in [2.75, 3.05) is 0 Å². The van der Waals surface area contributed by atoms with Crippen LogP contribution in [0.15, 0.2) is 77.9 Å². The van der Waals surface area contributed by atoms with Crippen molar-refractivity contribution in [2.45, 2.75) is 46.2 Å². The van der Waals surface area contributed by atoms with Gasteiger partial charge in [-0.05, 0) is 61.2 Å². The molecule has 0 aliphatic heterocycles. The Bertz CT molecular complexity index is 1710. The fraction of sp³-hybridized carbons (Fsp3) is 0.226. The molecule has 5 aromatic rings. The number of aromatic hydroxyl groups is 1. The van der Waals surface area contributed by atoms with Crippen LogP contribution in [0.3, 0.4) is 0 Å². The predicted octanol–water partition coefficient (Wildman–Crippen LogP) is 6.07. The number of aryl methyl sites for hydroxylation is 2. The van der Waals surface area contributed by atoms with E-state index in [2.05, 4.69) is 15.1 Å². The molecule has 1 unspecified atom stereocenters. The molecule has 0 aliphatic carbocycles. The molecule has 204 valence electrons. The van der Waals surface area contributed by atoms with Crippen molar-refractivity contribution in [1.29, 1.82) is 0 Å². The molecule has 7 nitrogen and oxygen atoms in total. The van der Waals surface area contributed by atoms with E-state index in [1.54, 1.807) is 23.1 Å². The highest BCUT2D eigenvalue weighted by Crippen LogP contribution is 2.34. The summed E-state index contributed by atoms with van der Waals surface area (Å²) in [6.07, 6.45) is 3.96. The number of hydrogen-bond acceptors (Lipinski definition) is 5. The van der Waals surface area contributed by atoms with Crippen molar-refractivity contribution < 1.29 is 13.9 Å². The fourth-order valence-electron chi connectivity index (χ4n) is 4.98. The Morgan fingerprint density at radius 1 is 1.00 bits per heavy atom. The lowest BCUT2D eigenvalue weighted by Gasteiger charge is -2.25. The number of aromatic nitrogens is 5. The molecule has 0 saturated carbocycles. The largest absolute Gasteiger partial charge is 0.494 e. The van der Waals surface area contributed by atoms with E-state index in [-0.39, 0.29) is 23.7 Å². The monoisotopic (exact) mass is 541 g/mol. The van der Waals surface area contributed by atoms with Crippen LogP contribution >= 0.6 is 0 Å². The molecule has 1 N–H and O–H groups in total. The normalized spacial score (nSPS) is 12.0. The summed E-state index contributed by atoms with van der Waals surface area (Å²) < 4.78 is 31.6. The van der Waals surface area contributed by atoms with Gasteiger partial charge in [0.2, 0.25) is 5.88 Å². The average molecular weight is 542 g/mol. The Morgan fingerprint density at radius 3 is 2.35 bits per heavy atom. The van der Waals surface area contributed by atoms with Crippen LogP contribution in [-0.2, 0) is 13.0 Å². The first kappa shape index (κ1) is 26.9. The number of hydrogen-bond donors (Lipinski definition) is 1. The van der Waals surface area contributed by atoms with E-state index in [1.165, 1.54) is 16.7 Å². The van der Waals surface area contributed by atoms with Gasteiger partial charge >= 0.3 is 0 Å². The van der Waals surface area contributed by atoms with Gasteiger partial charge in [0.1, 0.15) is 17.3 Å². The zero-order chi connectivity index (χ0) is 28.4. The van der Waals surface area contributed by atoms with Gasteiger partial charge in [0.05, 0.1) is 11.6 Å². The third-order valence-electron chi connectivity index (χ3n) is 7.01. The van der Waals surface area contributed by atoms with Crippen molar-refractivity contribution in [1.82, 2.24) is 24.3 Å². The molecule has 3 heterocycles. The molecule has 0 saturated heterocycles. The second-order valence-electron chi connectivity index (χ2n) is 9.61. The van der Waals surface area contributed by atoms with Crippen molar-refractivity contribution >= 4 is 0 Å². The highest BCUT2D eigenvalue weighted by atomic mass is 19.1. The first-order valence-electron chi connectivity index (χ1n) is 13.1. The van der Waals surface area contributed by atoms with Crippen LogP contribution in [0, 0.1) is 18.6 Å². The van der Waals surface area contributed by atoms with Crippen LogP contribution < -0.4 is 5.56 Å². The van der Waals surface area contributed by atoms with Crippen LogP contribution in [0.5, 0.6) is 5.88 Å². The molecule has 9 heteroatoms. The molecule has 0 bridgehead atoms. The van der Waals surface area contributed by atoms with Crippen LogP contribution in [0.1, 0.15) is 48.7 Å². The Labute approximate surface area is 230 Å². The van der Waals surface area contributed by atoms with E-state index in [9.17, 15) is 18.7 Å². The van der Waals surface area contributed by atoms with Crippen LogP contribution in [0.25, 0.3) is 22.6 Å². The first-order valence-corrected chi connectivity index (χ1v) is 13.1. The van der Waals surface area contributed by atoms with Gasteiger partial charge in [-0.1, -0.05) is 37.3 Å². The van der Waals surface area contributed by atoms with E-state index in [0.29, 0.717) is 24.2 Å². The molecule has 3 aromatic heterocycles. The second-order valence-corrected chi connectivity index (χ2v) is 9.61. The van der Waals surface area contributed by atoms with Crippen LogP contribution in [0.2, 0.25) is 0 Å². The number of rotatable bonds is 8. The number of benzene rings is 2. The van der Waals surface area contributed by atoms with E-state index < -0.39 is 23.2 Å². The molecular weight excluding hydrogens is 512 g/mol. The van der Waals surface area contributed by atoms with E-state index >= 15 is 0 Å². The Morgan fingerprint density at radius 2 is 1.73 bits per heavy atom. The molecule has 0 amide bonds. The SMILES string of the molecule is CCC(c1cc(F)cc(F)c1)n1c(-c2ccn(CC)n2)nc(=O)c(Cc2ccc(-c3cccnc3C)cc2)c1O. The molecular formula is C31H29F2N5O2. The summed E-state index contributed by atoms with van der Waals surface area (Å²) in [7, 11) is 0. The smallest absolute Gasteiger partial charge is 0.280 e. The lowest BCUT2D eigenvalue weighted by atomic mass is 9.99. The van der Waals surface area contributed by atoms with Gasteiger partial charge in [0, 0.05) is 42.7 Å². The van der Waals surface area contributed by atoms with E-state index in [0.717, 1.165) is 28.5 Å². The second kappa shape index (κ2) is 11.2. The summed E-state index contributed by atoms with van der Waals surface area (Å²) in [6, 6.07) is 15.8. The summed E-state index contributed by atoms with van der Waals surface area (Å²) in [4.78, 5) is 22.0.